The largest absolute Gasteiger partial charge is 0.481 e. The van der Waals surface area contributed by atoms with Gasteiger partial charge in [-0.2, -0.15) is 0 Å². The van der Waals surface area contributed by atoms with Crippen LogP contribution in [0.15, 0.2) is 11.1 Å². The van der Waals surface area contributed by atoms with Gasteiger partial charge in [-0.3, -0.25) is 4.79 Å². The number of carboxylic acids is 1. The lowest BCUT2D eigenvalue weighted by atomic mass is 10.1. The number of hydrogen-bond acceptors (Lipinski definition) is 2. The second-order valence-corrected chi connectivity index (χ2v) is 4.55. The van der Waals surface area contributed by atoms with Gasteiger partial charge in [0.1, 0.15) is 0 Å². The van der Waals surface area contributed by atoms with Crippen LogP contribution < -0.4 is 10.6 Å². The average molecular weight is 293 g/mol. The van der Waals surface area contributed by atoms with Gasteiger partial charge in [0.15, 0.2) is 0 Å². The topological polar surface area (TPSA) is 78.4 Å². The van der Waals surface area contributed by atoms with Crippen molar-refractivity contribution >= 4 is 27.9 Å². The number of nitrogens with one attached hydrogen (secondary N) is 2. The molecule has 0 aromatic rings. The number of amides is 2. The van der Waals surface area contributed by atoms with Crippen LogP contribution in [0.2, 0.25) is 0 Å². The Labute approximate surface area is 103 Å². The van der Waals surface area contributed by atoms with Crippen molar-refractivity contribution in [2.45, 2.75) is 32.2 Å². The maximum absolute atomic E-state index is 11.3. The van der Waals surface area contributed by atoms with Gasteiger partial charge in [-0.05, 0) is 6.42 Å². The summed E-state index contributed by atoms with van der Waals surface area (Å²) in [7, 11) is 0. The molecule has 1 unspecified atom stereocenters. The number of carbonyl (C=O) groups is 2. The highest BCUT2D eigenvalue weighted by Crippen LogP contribution is 2.02. The minimum atomic E-state index is -0.913. The van der Waals surface area contributed by atoms with E-state index >= 15 is 0 Å². The summed E-state index contributed by atoms with van der Waals surface area (Å²) in [4.78, 5) is 21.9. The predicted octanol–water partition coefficient (Wildman–Crippen LogP) is 1.84. The minimum Gasteiger partial charge on any atom is -0.481 e. The van der Waals surface area contributed by atoms with Crippen molar-refractivity contribution in [2.24, 2.45) is 0 Å². The van der Waals surface area contributed by atoms with E-state index in [4.69, 9.17) is 5.11 Å². The summed E-state index contributed by atoms with van der Waals surface area (Å²) in [6.45, 7) is 5.83. The van der Waals surface area contributed by atoms with Gasteiger partial charge in [-0.25, -0.2) is 4.79 Å². The molecule has 0 fully saturated rings. The number of rotatable bonds is 7. The SMILES string of the molecule is C=C(Br)CNC(=O)NC(CCC)CC(=O)O. The van der Waals surface area contributed by atoms with Gasteiger partial charge in [0.05, 0.1) is 13.0 Å². The number of aliphatic carboxylic acids is 1. The molecule has 5 nitrogen and oxygen atoms in total. The first kappa shape index (κ1) is 15.0. The molecule has 1 atom stereocenters. The molecule has 0 bridgehead atoms. The van der Waals surface area contributed by atoms with Crippen LogP contribution in [0.1, 0.15) is 26.2 Å². The highest BCUT2D eigenvalue weighted by atomic mass is 79.9. The maximum Gasteiger partial charge on any atom is 0.315 e. The van der Waals surface area contributed by atoms with Crippen molar-refractivity contribution in [2.75, 3.05) is 6.54 Å². The van der Waals surface area contributed by atoms with E-state index in [1.807, 2.05) is 6.92 Å². The highest BCUT2D eigenvalue weighted by molar-refractivity contribution is 9.11. The molecule has 2 amide bonds. The lowest BCUT2D eigenvalue weighted by Crippen LogP contribution is -2.43. The van der Waals surface area contributed by atoms with Crippen LogP contribution in [0.4, 0.5) is 4.79 Å². The fraction of sp³-hybridized carbons (Fsp3) is 0.600. The van der Waals surface area contributed by atoms with Crippen molar-refractivity contribution in [1.82, 2.24) is 10.6 Å². The molecule has 0 aromatic heterocycles. The first-order valence-corrected chi connectivity index (χ1v) is 5.84. The van der Waals surface area contributed by atoms with Gasteiger partial charge in [0.2, 0.25) is 0 Å². The predicted molar refractivity (Wildman–Crippen MR) is 65.6 cm³/mol. The van der Waals surface area contributed by atoms with Crippen LogP contribution >= 0.6 is 15.9 Å². The first-order chi connectivity index (χ1) is 7.45. The number of hydrogen-bond donors (Lipinski definition) is 3. The Morgan fingerprint density at radius 2 is 2.12 bits per heavy atom. The monoisotopic (exact) mass is 292 g/mol. The molecular formula is C10H17BrN2O3. The molecule has 0 rings (SSSR count). The summed E-state index contributed by atoms with van der Waals surface area (Å²) in [6, 6.07) is -0.702. The zero-order valence-corrected chi connectivity index (χ0v) is 10.8. The molecule has 0 saturated carbocycles. The Kier molecular flexibility index (Phi) is 7.62. The second-order valence-electron chi connectivity index (χ2n) is 3.43. The third kappa shape index (κ3) is 8.28. The Morgan fingerprint density at radius 3 is 2.56 bits per heavy atom. The zero-order chi connectivity index (χ0) is 12.6. The quantitative estimate of drug-likeness (QED) is 0.670. The Bertz CT molecular complexity index is 269. The van der Waals surface area contributed by atoms with Gasteiger partial charge >= 0.3 is 12.0 Å². The number of halogens is 1. The van der Waals surface area contributed by atoms with Crippen LogP contribution in [0.5, 0.6) is 0 Å². The summed E-state index contributed by atoms with van der Waals surface area (Å²) in [5.74, 6) is -0.913. The van der Waals surface area contributed by atoms with E-state index < -0.39 is 5.97 Å². The number of urea groups is 1. The van der Waals surface area contributed by atoms with Crippen molar-refractivity contribution in [3.8, 4) is 0 Å². The zero-order valence-electron chi connectivity index (χ0n) is 9.25. The fourth-order valence-electron chi connectivity index (χ4n) is 1.20. The van der Waals surface area contributed by atoms with E-state index in [1.54, 1.807) is 0 Å². The standard InChI is InChI=1S/C10H17BrN2O3/c1-3-4-8(5-9(14)15)13-10(16)12-6-7(2)11/h8H,2-6H2,1H3,(H,14,15)(H2,12,13,16). The molecule has 0 aliphatic heterocycles. The van der Waals surface area contributed by atoms with Crippen LogP contribution in [-0.2, 0) is 4.79 Å². The lowest BCUT2D eigenvalue weighted by Gasteiger charge is -2.16. The lowest BCUT2D eigenvalue weighted by molar-refractivity contribution is -0.137. The molecule has 6 heteroatoms. The third-order valence-electron chi connectivity index (χ3n) is 1.83. The van der Waals surface area contributed by atoms with Gasteiger partial charge in [-0.15, -0.1) is 0 Å². The molecule has 92 valence electrons. The molecule has 0 aliphatic rings. The summed E-state index contributed by atoms with van der Waals surface area (Å²) >= 11 is 3.11. The molecule has 0 aromatic carbocycles. The Balaban J connectivity index is 4.01. The van der Waals surface area contributed by atoms with Crippen LogP contribution in [0.3, 0.4) is 0 Å². The normalized spacial score (nSPS) is 11.6. The van der Waals surface area contributed by atoms with Gasteiger partial charge in [0, 0.05) is 10.5 Å². The van der Waals surface area contributed by atoms with Crippen molar-refractivity contribution in [1.29, 1.82) is 0 Å². The molecule has 0 heterocycles. The van der Waals surface area contributed by atoms with E-state index in [0.717, 1.165) is 6.42 Å². The molecule has 0 spiro atoms. The Morgan fingerprint density at radius 1 is 1.50 bits per heavy atom. The van der Waals surface area contributed by atoms with E-state index in [0.29, 0.717) is 17.4 Å². The van der Waals surface area contributed by atoms with Gasteiger partial charge in [0.25, 0.3) is 0 Å². The van der Waals surface area contributed by atoms with E-state index in [9.17, 15) is 9.59 Å². The van der Waals surface area contributed by atoms with Crippen molar-refractivity contribution < 1.29 is 14.7 Å². The molecular weight excluding hydrogens is 276 g/mol. The Hall–Kier alpha value is -1.04. The summed E-state index contributed by atoms with van der Waals surface area (Å²) in [5.41, 5.74) is 0. The van der Waals surface area contributed by atoms with Gasteiger partial charge in [-0.1, -0.05) is 35.9 Å². The minimum absolute atomic E-state index is 0.0590. The number of carbonyl (C=O) groups excluding carboxylic acids is 1. The third-order valence-corrected chi connectivity index (χ3v) is 2.11. The van der Waals surface area contributed by atoms with E-state index in [1.165, 1.54) is 0 Å². The van der Waals surface area contributed by atoms with Crippen LogP contribution in [0, 0.1) is 0 Å². The molecule has 0 saturated heterocycles. The van der Waals surface area contributed by atoms with Gasteiger partial charge < -0.3 is 15.7 Å². The summed E-state index contributed by atoms with van der Waals surface area (Å²) in [6.07, 6.45) is 1.41. The van der Waals surface area contributed by atoms with Crippen molar-refractivity contribution in [3.63, 3.8) is 0 Å². The van der Waals surface area contributed by atoms with Crippen LogP contribution in [0.25, 0.3) is 0 Å². The molecule has 0 radical (unpaired) electrons. The molecule has 3 N–H and O–H groups in total. The summed E-state index contributed by atoms with van der Waals surface area (Å²) < 4.78 is 0.660. The van der Waals surface area contributed by atoms with Crippen LogP contribution in [-0.4, -0.2) is 29.7 Å². The number of carboxylic acid groups (broad SMARTS) is 1. The summed E-state index contributed by atoms with van der Waals surface area (Å²) in [5, 5.41) is 13.8. The van der Waals surface area contributed by atoms with Crippen molar-refractivity contribution in [3.05, 3.63) is 11.1 Å². The fourth-order valence-corrected chi connectivity index (χ4v) is 1.34. The molecule has 16 heavy (non-hydrogen) atoms. The highest BCUT2D eigenvalue weighted by Gasteiger charge is 2.14. The smallest absolute Gasteiger partial charge is 0.315 e. The second kappa shape index (κ2) is 8.15. The molecule has 0 aliphatic carbocycles. The first-order valence-electron chi connectivity index (χ1n) is 5.05. The van der Waals surface area contributed by atoms with E-state index in [-0.39, 0.29) is 18.5 Å². The maximum atomic E-state index is 11.3. The average Bonchev–Trinajstić information content (AvgIpc) is 2.14. The van der Waals surface area contributed by atoms with E-state index in [2.05, 4.69) is 33.1 Å².